The summed E-state index contributed by atoms with van der Waals surface area (Å²) in [4.78, 5) is 24.1. The van der Waals surface area contributed by atoms with Gasteiger partial charge in [0.2, 0.25) is 11.6 Å². The minimum Gasteiger partial charge on any atom is -0.493 e. The summed E-state index contributed by atoms with van der Waals surface area (Å²) >= 11 is 0. The van der Waals surface area contributed by atoms with Gasteiger partial charge in [-0.1, -0.05) is 34.6 Å². The van der Waals surface area contributed by atoms with E-state index in [4.69, 9.17) is 4.74 Å². The Balaban J connectivity index is 3.23. The Kier molecular flexibility index (Phi) is 4.88. The molecule has 3 heteroatoms. The van der Waals surface area contributed by atoms with Crippen LogP contribution in [0.4, 0.5) is 0 Å². The summed E-state index contributed by atoms with van der Waals surface area (Å²) in [6.45, 7) is 10.2. The predicted molar refractivity (Wildman–Crippen MR) is 71.0 cm³/mol. The third-order valence-electron chi connectivity index (χ3n) is 2.93. The SMILES string of the molecule is CCCOC1=C(C(C)C)C(=O)C(=O)C(C(C)C)=C1. The topological polar surface area (TPSA) is 43.4 Å². The van der Waals surface area contributed by atoms with E-state index < -0.39 is 5.78 Å². The number of allylic oxidation sites excluding steroid dienone is 3. The molecule has 0 aliphatic heterocycles. The summed E-state index contributed by atoms with van der Waals surface area (Å²) in [5.74, 6) is -0.159. The van der Waals surface area contributed by atoms with Crippen LogP contribution in [0.25, 0.3) is 0 Å². The Morgan fingerprint density at radius 3 is 2.11 bits per heavy atom. The van der Waals surface area contributed by atoms with Gasteiger partial charge in [0, 0.05) is 11.1 Å². The molecule has 0 saturated heterocycles. The van der Waals surface area contributed by atoms with Gasteiger partial charge in [-0.3, -0.25) is 9.59 Å². The summed E-state index contributed by atoms with van der Waals surface area (Å²) in [5, 5.41) is 0. The first-order valence-electron chi connectivity index (χ1n) is 6.57. The summed E-state index contributed by atoms with van der Waals surface area (Å²) in [6.07, 6.45) is 2.63. The summed E-state index contributed by atoms with van der Waals surface area (Å²) < 4.78 is 5.64. The Morgan fingerprint density at radius 2 is 1.67 bits per heavy atom. The van der Waals surface area contributed by atoms with E-state index in [0.717, 1.165) is 6.42 Å². The van der Waals surface area contributed by atoms with Gasteiger partial charge in [0.15, 0.2) is 0 Å². The van der Waals surface area contributed by atoms with Crippen molar-refractivity contribution in [1.29, 1.82) is 0 Å². The first-order valence-corrected chi connectivity index (χ1v) is 6.57. The van der Waals surface area contributed by atoms with Crippen molar-refractivity contribution in [2.75, 3.05) is 6.61 Å². The molecule has 0 bridgehead atoms. The van der Waals surface area contributed by atoms with Crippen LogP contribution in [0.5, 0.6) is 0 Å². The van der Waals surface area contributed by atoms with Crippen LogP contribution in [0.15, 0.2) is 23.0 Å². The molecule has 0 fully saturated rings. The minimum absolute atomic E-state index is 0.00160. The monoisotopic (exact) mass is 250 g/mol. The van der Waals surface area contributed by atoms with E-state index in [1.807, 2.05) is 34.6 Å². The molecule has 0 saturated carbocycles. The summed E-state index contributed by atoms with van der Waals surface area (Å²) in [5.41, 5.74) is 1.06. The van der Waals surface area contributed by atoms with Crippen molar-refractivity contribution in [2.24, 2.45) is 11.8 Å². The van der Waals surface area contributed by atoms with E-state index >= 15 is 0 Å². The van der Waals surface area contributed by atoms with Crippen molar-refractivity contribution in [3.8, 4) is 0 Å². The Hall–Kier alpha value is -1.38. The maximum absolute atomic E-state index is 12.1. The van der Waals surface area contributed by atoms with Gasteiger partial charge in [0.25, 0.3) is 0 Å². The maximum Gasteiger partial charge on any atom is 0.233 e. The summed E-state index contributed by atoms with van der Waals surface area (Å²) in [7, 11) is 0. The second kappa shape index (κ2) is 5.98. The predicted octanol–water partition coefficient (Wildman–Crippen LogP) is 3.06. The molecule has 1 rings (SSSR count). The Bertz CT molecular complexity index is 411. The molecule has 100 valence electrons. The average Bonchev–Trinajstić information content (AvgIpc) is 2.29. The van der Waals surface area contributed by atoms with Crippen molar-refractivity contribution in [3.63, 3.8) is 0 Å². The van der Waals surface area contributed by atoms with E-state index in [0.29, 0.717) is 23.5 Å². The van der Waals surface area contributed by atoms with E-state index in [2.05, 4.69) is 0 Å². The van der Waals surface area contributed by atoms with Crippen molar-refractivity contribution in [1.82, 2.24) is 0 Å². The van der Waals surface area contributed by atoms with Crippen LogP contribution in [-0.4, -0.2) is 18.2 Å². The normalized spacial score (nSPS) is 16.7. The number of hydrogen-bond acceptors (Lipinski definition) is 3. The van der Waals surface area contributed by atoms with Crippen molar-refractivity contribution < 1.29 is 14.3 Å². The zero-order chi connectivity index (χ0) is 13.9. The second-order valence-electron chi connectivity index (χ2n) is 5.19. The number of carbonyl (C=O) groups is 2. The average molecular weight is 250 g/mol. The minimum atomic E-state index is -0.401. The molecule has 0 aromatic carbocycles. The maximum atomic E-state index is 12.1. The molecule has 0 aromatic heterocycles. The number of rotatable bonds is 5. The Morgan fingerprint density at radius 1 is 1.06 bits per heavy atom. The van der Waals surface area contributed by atoms with Gasteiger partial charge in [-0.25, -0.2) is 0 Å². The van der Waals surface area contributed by atoms with Crippen LogP contribution in [0.2, 0.25) is 0 Å². The van der Waals surface area contributed by atoms with Crippen molar-refractivity contribution >= 4 is 11.6 Å². The van der Waals surface area contributed by atoms with E-state index in [9.17, 15) is 9.59 Å². The van der Waals surface area contributed by atoms with E-state index in [1.54, 1.807) is 6.08 Å². The fraction of sp³-hybridized carbons (Fsp3) is 0.600. The smallest absolute Gasteiger partial charge is 0.233 e. The lowest BCUT2D eigenvalue weighted by Gasteiger charge is -2.22. The van der Waals surface area contributed by atoms with Gasteiger partial charge in [0.1, 0.15) is 5.76 Å². The van der Waals surface area contributed by atoms with Crippen LogP contribution in [-0.2, 0) is 14.3 Å². The highest BCUT2D eigenvalue weighted by Crippen LogP contribution is 2.28. The zero-order valence-electron chi connectivity index (χ0n) is 11.9. The molecule has 0 aromatic rings. The third-order valence-corrected chi connectivity index (χ3v) is 2.93. The van der Waals surface area contributed by atoms with Gasteiger partial charge in [-0.05, 0) is 24.3 Å². The largest absolute Gasteiger partial charge is 0.493 e. The van der Waals surface area contributed by atoms with E-state index in [1.165, 1.54) is 0 Å². The quantitative estimate of drug-likeness (QED) is 0.556. The number of Topliss-reactive ketones (excluding diaryl/α,β-unsaturated/α-hetero) is 2. The molecule has 0 N–H and O–H groups in total. The zero-order valence-corrected chi connectivity index (χ0v) is 11.9. The van der Waals surface area contributed by atoms with E-state index in [-0.39, 0.29) is 17.6 Å². The molecule has 18 heavy (non-hydrogen) atoms. The first kappa shape index (κ1) is 14.7. The van der Waals surface area contributed by atoms with Crippen LogP contribution >= 0.6 is 0 Å². The van der Waals surface area contributed by atoms with Crippen molar-refractivity contribution in [3.05, 3.63) is 23.0 Å². The fourth-order valence-electron chi connectivity index (χ4n) is 1.96. The first-order chi connectivity index (χ1) is 8.40. The molecular formula is C15H22O3. The number of hydrogen-bond donors (Lipinski definition) is 0. The lowest BCUT2D eigenvalue weighted by atomic mass is 9.84. The molecule has 3 nitrogen and oxygen atoms in total. The molecule has 0 unspecified atom stereocenters. The third kappa shape index (κ3) is 2.89. The molecule has 1 aliphatic carbocycles. The standard InChI is InChI=1S/C15H22O3/c1-6-7-18-12-8-11(9(2)3)14(16)15(17)13(12)10(4)5/h8-10H,6-7H2,1-5H3. The van der Waals surface area contributed by atoms with Crippen LogP contribution in [0.1, 0.15) is 41.0 Å². The molecule has 0 heterocycles. The molecular weight excluding hydrogens is 228 g/mol. The van der Waals surface area contributed by atoms with Gasteiger partial charge >= 0.3 is 0 Å². The lowest BCUT2D eigenvalue weighted by molar-refractivity contribution is -0.133. The molecule has 0 amide bonds. The molecule has 0 radical (unpaired) electrons. The van der Waals surface area contributed by atoms with Crippen molar-refractivity contribution in [2.45, 2.75) is 41.0 Å². The van der Waals surface area contributed by atoms with Gasteiger partial charge < -0.3 is 4.74 Å². The number of carbonyl (C=O) groups excluding carboxylic acids is 2. The molecule has 0 spiro atoms. The highest BCUT2D eigenvalue weighted by molar-refractivity contribution is 6.50. The number of ether oxygens (including phenoxy) is 1. The van der Waals surface area contributed by atoms with Crippen LogP contribution in [0, 0.1) is 11.8 Å². The highest BCUT2D eigenvalue weighted by Gasteiger charge is 2.33. The lowest BCUT2D eigenvalue weighted by Crippen LogP contribution is -2.28. The Labute approximate surface area is 109 Å². The highest BCUT2D eigenvalue weighted by atomic mass is 16.5. The number of ketones is 2. The summed E-state index contributed by atoms with van der Waals surface area (Å²) in [6, 6.07) is 0. The van der Waals surface area contributed by atoms with Gasteiger partial charge in [-0.2, -0.15) is 0 Å². The van der Waals surface area contributed by atoms with Gasteiger partial charge in [0.05, 0.1) is 6.61 Å². The second-order valence-corrected chi connectivity index (χ2v) is 5.19. The van der Waals surface area contributed by atoms with Gasteiger partial charge in [-0.15, -0.1) is 0 Å². The van der Waals surface area contributed by atoms with Crippen LogP contribution < -0.4 is 0 Å². The molecule has 1 aliphatic rings. The van der Waals surface area contributed by atoms with Crippen LogP contribution in [0.3, 0.4) is 0 Å². The fourth-order valence-corrected chi connectivity index (χ4v) is 1.96. The molecule has 0 atom stereocenters.